The van der Waals surface area contributed by atoms with Crippen LogP contribution in [-0.4, -0.2) is 6.61 Å². The van der Waals surface area contributed by atoms with Gasteiger partial charge in [-0.1, -0.05) is 24.3 Å². The summed E-state index contributed by atoms with van der Waals surface area (Å²) in [7, 11) is 0. The number of hydrogen-bond donors (Lipinski definition) is 2. The van der Waals surface area contributed by atoms with Crippen molar-refractivity contribution in [1.82, 2.24) is 5.43 Å². The summed E-state index contributed by atoms with van der Waals surface area (Å²) in [6.45, 7) is 2.53. The molecule has 1 unspecified atom stereocenters. The van der Waals surface area contributed by atoms with Crippen molar-refractivity contribution in [2.75, 3.05) is 6.61 Å². The van der Waals surface area contributed by atoms with Crippen molar-refractivity contribution in [2.45, 2.75) is 13.0 Å². The van der Waals surface area contributed by atoms with Crippen molar-refractivity contribution in [3.8, 4) is 5.75 Å². The molecule has 0 saturated carbocycles. The molecule has 0 spiro atoms. The predicted molar refractivity (Wildman–Crippen MR) is 80.9 cm³/mol. The van der Waals surface area contributed by atoms with Crippen LogP contribution in [-0.2, 0) is 0 Å². The van der Waals surface area contributed by atoms with E-state index in [1.54, 1.807) is 18.2 Å². The Kier molecular flexibility index (Phi) is 5.11. The highest BCUT2D eigenvalue weighted by Gasteiger charge is 2.18. The van der Waals surface area contributed by atoms with Crippen LogP contribution in [0.2, 0.25) is 0 Å². The molecule has 1 atom stereocenters. The van der Waals surface area contributed by atoms with Gasteiger partial charge in [-0.05, 0) is 46.6 Å². The van der Waals surface area contributed by atoms with Gasteiger partial charge >= 0.3 is 0 Å². The molecule has 5 heteroatoms. The first-order valence-corrected chi connectivity index (χ1v) is 7.09. The van der Waals surface area contributed by atoms with Gasteiger partial charge < -0.3 is 4.74 Å². The normalized spacial score (nSPS) is 12.2. The zero-order valence-corrected chi connectivity index (χ0v) is 12.7. The number of nitrogens with one attached hydrogen (secondary N) is 1. The highest BCUT2D eigenvalue weighted by Crippen LogP contribution is 2.28. The summed E-state index contributed by atoms with van der Waals surface area (Å²) in [6, 6.07) is 12.2. The molecular formula is C15H16BrFN2O. The third-order valence-corrected chi connectivity index (χ3v) is 3.60. The standard InChI is InChI=1S/C15H16BrFN2O/c1-2-20-11-8-6-10(7-9-11)15(19-18)12-4-3-5-13(16)14(12)17/h3-9,15,19H,2,18H2,1H3. The smallest absolute Gasteiger partial charge is 0.142 e. The Morgan fingerprint density at radius 1 is 1.25 bits per heavy atom. The third kappa shape index (κ3) is 3.17. The van der Waals surface area contributed by atoms with Crippen LogP contribution in [0.4, 0.5) is 4.39 Å². The first-order chi connectivity index (χ1) is 9.67. The van der Waals surface area contributed by atoms with Gasteiger partial charge in [-0.25, -0.2) is 9.82 Å². The molecule has 2 aromatic carbocycles. The lowest BCUT2D eigenvalue weighted by atomic mass is 9.99. The molecule has 0 saturated heterocycles. The van der Waals surface area contributed by atoms with E-state index in [-0.39, 0.29) is 5.82 Å². The second-order valence-corrected chi connectivity index (χ2v) is 5.10. The fraction of sp³-hybridized carbons (Fsp3) is 0.200. The number of hydrazine groups is 1. The van der Waals surface area contributed by atoms with Gasteiger partial charge in [0.05, 0.1) is 17.1 Å². The van der Waals surface area contributed by atoms with Gasteiger partial charge in [0.1, 0.15) is 11.6 Å². The van der Waals surface area contributed by atoms with E-state index in [0.29, 0.717) is 16.6 Å². The quantitative estimate of drug-likeness (QED) is 0.647. The van der Waals surface area contributed by atoms with Gasteiger partial charge in [0, 0.05) is 5.56 Å². The molecule has 0 aliphatic heterocycles. The van der Waals surface area contributed by atoms with Gasteiger partial charge in [-0.2, -0.15) is 0 Å². The lowest BCUT2D eigenvalue weighted by molar-refractivity contribution is 0.340. The van der Waals surface area contributed by atoms with Crippen molar-refractivity contribution in [1.29, 1.82) is 0 Å². The molecule has 3 N–H and O–H groups in total. The molecule has 2 aromatic rings. The second kappa shape index (κ2) is 6.83. The van der Waals surface area contributed by atoms with Crippen LogP contribution in [0.15, 0.2) is 46.9 Å². The fourth-order valence-corrected chi connectivity index (χ4v) is 2.41. The van der Waals surface area contributed by atoms with Gasteiger partial charge in [-0.3, -0.25) is 5.84 Å². The maximum Gasteiger partial charge on any atom is 0.142 e. The lowest BCUT2D eigenvalue weighted by Gasteiger charge is -2.18. The van der Waals surface area contributed by atoms with Crippen molar-refractivity contribution in [2.24, 2.45) is 5.84 Å². The Bertz CT molecular complexity index is 575. The Hall–Kier alpha value is -1.43. The predicted octanol–water partition coefficient (Wildman–Crippen LogP) is 3.54. The summed E-state index contributed by atoms with van der Waals surface area (Å²) in [5, 5.41) is 0. The Labute approximate surface area is 126 Å². The van der Waals surface area contributed by atoms with Gasteiger partial charge in [0.15, 0.2) is 0 Å². The molecule has 2 rings (SSSR count). The lowest BCUT2D eigenvalue weighted by Crippen LogP contribution is -2.29. The molecule has 0 aromatic heterocycles. The maximum absolute atomic E-state index is 14.2. The summed E-state index contributed by atoms with van der Waals surface area (Å²) in [5.41, 5.74) is 4.01. The van der Waals surface area contributed by atoms with E-state index in [2.05, 4.69) is 21.4 Å². The second-order valence-electron chi connectivity index (χ2n) is 4.24. The summed E-state index contributed by atoms with van der Waals surface area (Å²) in [6.07, 6.45) is 0. The van der Waals surface area contributed by atoms with E-state index in [4.69, 9.17) is 10.6 Å². The average molecular weight is 339 g/mol. The summed E-state index contributed by atoms with van der Waals surface area (Å²) in [4.78, 5) is 0. The number of hydrogen-bond acceptors (Lipinski definition) is 3. The van der Waals surface area contributed by atoms with Gasteiger partial charge in [0.25, 0.3) is 0 Å². The largest absolute Gasteiger partial charge is 0.494 e. The molecular weight excluding hydrogens is 323 g/mol. The number of ether oxygens (including phenoxy) is 1. The van der Waals surface area contributed by atoms with E-state index in [1.807, 2.05) is 31.2 Å². The zero-order chi connectivity index (χ0) is 14.5. The SMILES string of the molecule is CCOc1ccc(C(NN)c2cccc(Br)c2F)cc1. The van der Waals surface area contributed by atoms with Crippen LogP contribution in [0, 0.1) is 5.82 Å². The highest BCUT2D eigenvalue weighted by atomic mass is 79.9. The molecule has 0 fully saturated rings. The van der Waals surface area contributed by atoms with Crippen molar-refractivity contribution >= 4 is 15.9 Å². The van der Waals surface area contributed by atoms with Crippen LogP contribution < -0.4 is 16.0 Å². The van der Waals surface area contributed by atoms with Crippen LogP contribution in [0.25, 0.3) is 0 Å². The van der Waals surface area contributed by atoms with Crippen LogP contribution in [0.3, 0.4) is 0 Å². The van der Waals surface area contributed by atoms with E-state index >= 15 is 0 Å². The molecule has 20 heavy (non-hydrogen) atoms. The summed E-state index contributed by atoms with van der Waals surface area (Å²) < 4.78 is 20.0. The monoisotopic (exact) mass is 338 g/mol. The molecule has 0 aliphatic carbocycles. The first kappa shape index (κ1) is 15.0. The van der Waals surface area contributed by atoms with Gasteiger partial charge in [-0.15, -0.1) is 0 Å². The van der Waals surface area contributed by atoms with E-state index in [0.717, 1.165) is 11.3 Å². The Balaban J connectivity index is 2.34. The molecule has 0 amide bonds. The minimum Gasteiger partial charge on any atom is -0.494 e. The van der Waals surface area contributed by atoms with Crippen molar-refractivity contribution in [3.63, 3.8) is 0 Å². The number of benzene rings is 2. The zero-order valence-electron chi connectivity index (χ0n) is 11.1. The summed E-state index contributed by atoms with van der Waals surface area (Å²) >= 11 is 3.18. The fourth-order valence-electron chi connectivity index (χ4n) is 2.03. The molecule has 3 nitrogen and oxygen atoms in total. The van der Waals surface area contributed by atoms with Crippen LogP contribution in [0.1, 0.15) is 24.1 Å². The highest BCUT2D eigenvalue weighted by molar-refractivity contribution is 9.10. The maximum atomic E-state index is 14.2. The number of halogens is 2. The topological polar surface area (TPSA) is 47.3 Å². The average Bonchev–Trinajstić information content (AvgIpc) is 2.46. The minimum atomic E-state index is -0.414. The van der Waals surface area contributed by atoms with Crippen molar-refractivity contribution < 1.29 is 9.13 Å². The third-order valence-electron chi connectivity index (χ3n) is 2.98. The Morgan fingerprint density at radius 2 is 1.95 bits per heavy atom. The minimum absolute atomic E-state index is 0.315. The summed E-state index contributed by atoms with van der Waals surface area (Å²) in [5.74, 6) is 6.05. The van der Waals surface area contributed by atoms with E-state index in [9.17, 15) is 4.39 Å². The molecule has 106 valence electrons. The van der Waals surface area contributed by atoms with E-state index < -0.39 is 6.04 Å². The van der Waals surface area contributed by atoms with Gasteiger partial charge in [0.2, 0.25) is 0 Å². The molecule has 0 bridgehead atoms. The van der Waals surface area contributed by atoms with E-state index in [1.165, 1.54) is 0 Å². The van der Waals surface area contributed by atoms with Crippen molar-refractivity contribution in [3.05, 3.63) is 63.9 Å². The Morgan fingerprint density at radius 3 is 2.55 bits per heavy atom. The molecule has 0 aliphatic rings. The van der Waals surface area contributed by atoms with Crippen LogP contribution in [0.5, 0.6) is 5.75 Å². The molecule has 0 radical (unpaired) electrons. The first-order valence-electron chi connectivity index (χ1n) is 6.30. The number of nitrogens with two attached hydrogens (primary N) is 1. The molecule has 0 heterocycles. The van der Waals surface area contributed by atoms with Crippen LogP contribution >= 0.6 is 15.9 Å². The number of rotatable bonds is 5.